The molecule has 3 nitrogen and oxygen atoms in total. The molecule has 0 aliphatic heterocycles. The van der Waals surface area contributed by atoms with E-state index in [9.17, 15) is 13.2 Å². The second kappa shape index (κ2) is 5.93. The Morgan fingerprint density at radius 3 is 2.39 bits per heavy atom. The number of alkyl halides is 3. The van der Waals surface area contributed by atoms with Gasteiger partial charge in [-0.3, -0.25) is 9.58 Å². The van der Waals surface area contributed by atoms with Crippen LogP contribution in [0.5, 0.6) is 0 Å². The Morgan fingerprint density at radius 2 is 2.00 bits per heavy atom. The van der Waals surface area contributed by atoms with Crippen molar-refractivity contribution in [3.8, 4) is 0 Å². The van der Waals surface area contributed by atoms with Gasteiger partial charge in [-0.05, 0) is 19.9 Å². The summed E-state index contributed by atoms with van der Waals surface area (Å²) >= 11 is 6.02. The standard InChI is InChI=1S/C11H17ClF3N3/c1-4-5-18(7-11(13,14)15)6-9-8(2)16-17(3)10(9)12/h4-7H2,1-3H3. The third kappa shape index (κ3) is 4.17. The van der Waals surface area contributed by atoms with E-state index in [1.807, 2.05) is 6.92 Å². The van der Waals surface area contributed by atoms with E-state index in [1.54, 1.807) is 14.0 Å². The Morgan fingerprint density at radius 1 is 1.39 bits per heavy atom. The predicted molar refractivity (Wildman–Crippen MR) is 64.6 cm³/mol. The van der Waals surface area contributed by atoms with Crippen molar-refractivity contribution in [2.75, 3.05) is 13.1 Å². The highest BCUT2D eigenvalue weighted by Gasteiger charge is 2.31. The van der Waals surface area contributed by atoms with E-state index >= 15 is 0 Å². The van der Waals surface area contributed by atoms with Gasteiger partial charge in [-0.15, -0.1) is 0 Å². The van der Waals surface area contributed by atoms with Crippen LogP contribution in [0.4, 0.5) is 13.2 Å². The average molecular weight is 284 g/mol. The van der Waals surface area contributed by atoms with Gasteiger partial charge in [0, 0.05) is 19.2 Å². The zero-order chi connectivity index (χ0) is 13.9. The van der Waals surface area contributed by atoms with Gasteiger partial charge >= 0.3 is 6.18 Å². The number of halogens is 4. The molecule has 0 amide bonds. The Balaban J connectivity index is 2.83. The molecule has 0 saturated heterocycles. The van der Waals surface area contributed by atoms with Crippen molar-refractivity contribution < 1.29 is 13.2 Å². The number of rotatable bonds is 5. The highest BCUT2D eigenvalue weighted by Crippen LogP contribution is 2.23. The average Bonchev–Trinajstić information content (AvgIpc) is 2.43. The quantitative estimate of drug-likeness (QED) is 0.828. The van der Waals surface area contributed by atoms with Crippen molar-refractivity contribution in [3.63, 3.8) is 0 Å². The number of hydrogen-bond acceptors (Lipinski definition) is 2. The molecule has 0 aromatic carbocycles. The lowest BCUT2D eigenvalue weighted by Crippen LogP contribution is -2.34. The van der Waals surface area contributed by atoms with Crippen molar-refractivity contribution in [1.29, 1.82) is 0 Å². The molecular formula is C11H17ClF3N3. The molecule has 0 spiro atoms. The fourth-order valence-electron chi connectivity index (χ4n) is 1.86. The van der Waals surface area contributed by atoms with Crippen LogP contribution in [0.15, 0.2) is 0 Å². The van der Waals surface area contributed by atoms with Crippen molar-refractivity contribution in [3.05, 3.63) is 16.4 Å². The molecule has 0 N–H and O–H groups in total. The minimum Gasteiger partial charge on any atom is -0.291 e. The summed E-state index contributed by atoms with van der Waals surface area (Å²) < 4.78 is 38.8. The molecule has 1 rings (SSSR count). The lowest BCUT2D eigenvalue weighted by Gasteiger charge is -2.22. The van der Waals surface area contributed by atoms with Crippen LogP contribution in [-0.2, 0) is 13.6 Å². The van der Waals surface area contributed by atoms with Gasteiger partial charge in [-0.1, -0.05) is 18.5 Å². The zero-order valence-electron chi connectivity index (χ0n) is 10.7. The summed E-state index contributed by atoms with van der Waals surface area (Å²) in [5.74, 6) is 0. The smallest absolute Gasteiger partial charge is 0.291 e. The number of aromatic nitrogens is 2. The minimum atomic E-state index is -4.20. The molecule has 7 heteroatoms. The third-order valence-electron chi connectivity index (χ3n) is 2.59. The predicted octanol–water partition coefficient (Wildman–Crippen LogP) is 3.16. The molecule has 0 radical (unpaired) electrons. The Bertz CT molecular complexity index is 401. The van der Waals surface area contributed by atoms with Crippen LogP contribution in [0, 0.1) is 6.92 Å². The summed E-state index contributed by atoms with van der Waals surface area (Å²) in [6.45, 7) is 3.22. The fourth-order valence-corrected chi connectivity index (χ4v) is 2.10. The van der Waals surface area contributed by atoms with Gasteiger partial charge in [0.2, 0.25) is 0 Å². The van der Waals surface area contributed by atoms with Gasteiger partial charge in [0.05, 0.1) is 12.2 Å². The van der Waals surface area contributed by atoms with E-state index in [0.717, 1.165) is 0 Å². The Labute approximate surface area is 110 Å². The molecule has 0 fully saturated rings. The Hall–Kier alpha value is -0.750. The first-order valence-electron chi connectivity index (χ1n) is 5.71. The van der Waals surface area contributed by atoms with Crippen LogP contribution in [-0.4, -0.2) is 33.9 Å². The van der Waals surface area contributed by atoms with Crippen molar-refractivity contribution in [2.45, 2.75) is 33.0 Å². The third-order valence-corrected chi connectivity index (χ3v) is 3.07. The van der Waals surface area contributed by atoms with Crippen LogP contribution in [0.3, 0.4) is 0 Å². The second-order valence-corrected chi connectivity index (χ2v) is 4.66. The molecule has 1 aromatic heterocycles. The molecule has 104 valence electrons. The minimum absolute atomic E-state index is 0.172. The van der Waals surface area contributed by atoms with Crippen LogP contribution in [0.25, 0.3) is 0 Å². The summed E-state index contributed by atoms with van der Waals surface area (Å²) in [7, 11) is 1.67. The first-order valence-corrected chi connectivity index (χ1v) is 6.09. The van der Waals surface area contributed by atoms with Gasteiger partial charge in [0.15, 0.2) is 0 Å². The highest BCUT2D eigenvalue weighted by atomic mass is 35.5. The van der Waals surface area contributed by atoms with Crippen molar-refractivity contribution in [1.82, 2.24) is 14.7 Å². The van der Waals surface area contributed by atoms with E-state index in [0.29, 0.717) is 29.4 Å². The number of hydrogen-bond donors (Lipinski definition) is 0. The lowest BCUT2D eigenvalue weighted by atomic mass is 10.2. The van der Waals surface area contributed by atoms with E-state index < -0.39 is 12.7 Å². The van der Waals surface area contributed by atoms with E-state index in [1.165, 1.54) is 9.58 Å². The van der Waals surface area contributed by atoms with E-state index in [2.05, 4.69) is 5.10 Å². The molecule has 1 aromatic rings. The lowest BCUT2D eigenvalue weighted by molar-refractivity contribution is -0.147. The van der Waals surface area contributed by atoms with Gasteiger partial charge in [-0.2, -0.15) is 18.3 Å². The largest absolute Gasteiger partial charge is 0.401 e. The van der Waals surface area contributed by atoms with Crippen molar-refractivity contribution in [2.24, 2.45) is 7.05 Å². The first-order chi connectivity index (χ1) is 8.24. The summed E-state index contributed by atoms with van der Waals surface area (Å²) in [5.41, 5.74) is 1.34. The van der Waals surface area contributed by atoms with E-state index in [4.69, 9.17) is 11.6 Å². The van der Waals surface area contributed by atoms with Crippen LogP contribution in [0.2, 0.25) is 5.15 Å². The SMILES string of the molecule is CCCN(Cc1c(C)nn(C)c1Cl)CC(F)(F)F. The summed E-state index contributed by atoms with van der Waals surface area (Å²) in [6.07, 6.45) is -3.54. The maximum Gasteiger partial charge on any atom is 0.401 e. The van der Waals surface area contributed by atoms with E-state index in [-0.39, 0.29) is 6.54 Å². The maximum atomic E-state index is 12.4. The van der Waals surface area contributed by atoms with Crippen LogP contribution in [0.1, 0.15) is 24.6 Å². The Kier molecular flexibility index (Phi) is 5.04. The summed E-state index contributed by atoms with van der Waals surface area (Å²) in [6, 6.07) is 0. The summed E-state index contributed by atoms with van der Waals surface area (Å²) in [5, 5.41) is 4.50. The highest BCUT2D eigenvalue weighted by molar-refractivity contribution is 6.30. The summed E-state index contributed by atoms with van der Waals surface area (Å²) in [4.78, 5) is 1.34. The normalized spacial score (nSPS) is 12.4. The number of nitrogens with zero attached hydrogens (tertiary/aromatic N) is 3. The van der Waals surface area contributed by atoms with Gasteiger partial charge < -0.3 is 0 Å². The second-order valence-electron chi connectivity index (χ2n) is 4.30. The topological polar surface area (TPSA) is 21.1 Å². The maximum absolute atomic E-state index is 12.4. The molecule has 0 unspecified atom stereocenters. The fraction of sp³-hybridized carbons (Fsp3) is 0.727. The molecule has 0 aliphatic carbocycles. The zero-order valence-corrected chi connectivity index (χ0v) is 11.4. The van der Waals surface area contributed by atoms with Crippen LogP contribution < -0.4 is 0 Å². The van der Waals surface area contributed by atoms with Gasteiger partial charge in [0.1, 0.15) is 5.15 Å². The van der Waals surface area contributed by atoms with Gasteiger partial charge in [0.25, 0.3) is 0 Å². The molecular weight excluding hydrogens is 267 g/mol. The monoisotopic (exact) mass is 283 g/mol. The molecule has 0 bridgehead atoms. The number of aryl methyl sites for hydroxylation is 2. The van der Waals surface area contributed by atoms with Gasteiger partial charge in [-0.25, -0.2) is 0 Å². The molecule has 1 heterocycles. The molecule has 0 saturated carbocycles. The first kappa shape index (κ1) is 15.3. The van der Waals surface area contributed by atoms with Crippen molar-refractivity contribution >= 4 is 11.6 Å². The van der Waals surface area contributed by atoms with Crippen LogP contribution >= 0.6 is 11.6 Å². The molecule has 0 atom stereocenters. The molecule has 0 aliphatic rings. The molecule has 18 heavy (non-hydrogen) atoms.